The Kier molecular flexibility index (Phi) is 5.37. The van der Waals surface area contributed by atoms with Gasteiger partial charge in [-0.15, -0.1) is 0 Å². The number of amides is 2. The molecule has 4 N–H and O–H groups in total. The van der Waals surface area contributed by atoms with E-state index in [2.05, 4.69) is 10.3 Å². The lowest BCUT2D eigenvalue weighted by molar-refractivity contribution is -0.148. The maximum absolute atomic E-state index is 14.9. The number of halogens is 5. The van der Waals surface area contributed by atoms with E-state index < -0.39 is 53.8 Å². The van der Waals surface area contributed by atoms with Gasteiger partial charge in [0.15, 0.2) is 0 Å². The van der Waals surface area contributed by atoms with E-state index in [9.17, 15) is 36.6 Å². The molecule has 32 heavy (non-hydrogen) atoms. The van der Waals surface area contributed by atoms with Gasteiger partial charge >= 0.3 is 5.92 Å². The topological polar surface area (TPSA) is 94.2 Å². The van der Waals surface area contributed by atoms with Crippen LogP contribution in [0.5, 0.6) is 0 Å². The molecule has 2 heterocycles. The predicted octanol–water partition coefficient (Wildman–Crippen LogP) is 2.41. The van der Waals surface area contributed by atoms with Crippen LogP contribution < -0.4 is 10.6 Å². The number of carbonyl (C=O) groups is 2. The summed E-state index contributed by atoms with van der Waals surface area (Å²) in [5.74, 6) is -9.41. The van der Waals surface area contributed by atoms with Crippen LogP contribution in [0.3, 0.4) is 0 Å². The van der Waals surface area contributed by atoms with Crippen molar-refractivity contribution in [2.24, 2.45) is 0 Å². The fraction of sp³-hybridized carbons (Fsp3) is 0.238. The van der Waals surface area contributed by atoms with E-state index in [0.717, 1.165) is 18.2 Å². The van der Waals surface area contributed by atoms with Gasteiger partial charge in [0, 0.05) is 24.4 Å². The average Bonchev–Trinajstić information content (AvgIpc) is 3.23. The molecule has 11 heteroatoms. The highest BCUT2D eigenvalue weighted by Gasteiger charge is 2.44. The fourth-order valence-corrected chi connectivity index (χ4v) is 3.64. The number of nitrogens with one attached hydrogen (secondary N) is 3. The van der Waals surface area contributed by atoms with Crippen molar-refractivity contribution in [2.45, 2.75) is 24.5 Å². The van der Waals surface area contributed by atoms with Crippen molar-refractivity contribution in [3.63, 3.8) is 0 Å². The van der Waals surface area contributed by atoms with Gasteiger partial charge in [0.05, 0.1) is 11.2 Å². The Morgan fingerprint density at radius 2 is 1.81 bits per heavy atom. The van der Waals surface area contributed by atoms with Crippen LogP contribution in [-0.4, -0.2) is 46.5 Å². The molecule has 1 fully saturated rings. The first kappa shape index (κ1) is 21.8. The minimum absolute atomic E-state index is 0.0457. The molecule has 0 unspecified atom stereocenters. The molecule has 2 amide bonds. The minimum atomic E-state index is -4.12. The normalized spacial score (nSPS) is 18.8. The van der Waals surface area contributed by atoms with Gasteiger partial charge in [-0.1, -0.05) is 0 Å². The number of aliphatic hydroxyl groups excluding tert-OH is 1. The van der Waals surface area contributed by atoms with Gasteiger partial charge in [-0.05, 0) is 41.5 Å². The predicted molar refractivity (Wildman–Crippen MR) is 103 cm³/mol. The number of alkyl halides is 2. The largest absolute Gasteiger partial charge is 0.389 e. The quantitative estimate of drug-likeness (QED) is 0.447. The number of aromatic amines is 1. The smallest absolute Gasteiger partial charge is 0.328 e. The fourth-order valence-electron chi connectivity index (χ4n) is 3.64. The van der Waals surface area contributed by atoms with E-state index in [-0.39, 0.29) is 34.3 Å². The highest BCUT2D eigenvalue weighted by atomic mass is 19.3. The summed E-state index contributed by atoms with van der Waals surface area (Å²) in [6.07, 6.45) is -2.66. The molecule has 2 atom stereocenters. The summed E-state index contributed by atoms with van der Waals surface area (Å²) in [7, 11) is 0. The molecule has 4 rings (SSSR count). The molecule has 0 saturated carbocycles. The second-order valence-corrected chi connectivity index (χ2v) is 7.44. The lowest BCUT2D eigenvalue weighted by atomic mass is 9.98. The highest BCUT2D eigenvalue weighted by Crippen LogP contribution is 2.36. The van der Waals surface area contributed by atoms with Crippen LogP contribution in [0, 0.1) is 17.5 Å². The first-order valence-electron chi connectivity index (χ1n) is 9.47. The van der Waals surface area contributed by atoms with Crippen LogP contribution in [0.1, 0.15) is 5.56 Å². The van der Waals surface area contributed by atoms with Gasteiger partial charge in [-0.2, -0.15) is 8.78 Å². The zero-order chi connectivity index (χ0) is 23.2. The second kappa shape index (κ2) is 7.90. The number of hydrogen-bond acceptors (Lipinski definition) is 3. The van der Waals surface area contributed by atoms with E-state index in [0.29, 0.717) is 6.07 Å². The van der Waals surface area contributed by atoms with Gasteiger partial charge in [-0.3, -0.25) is 9.59 Å². The first-order chi connectivity index (χ1) is 15.1. The van der Waals surface area contributed by atoms with Crippen molar-refractivity contribution in [1.82, 2.24) is 15.6 Å². The third-order valence-electron chi connectivity index (χ3n) is 5.24. The summed E-state index contributed by atoms with van der Waals surface area (Å²) in [6.45, 7) is -0.203. The van der Waals surface area contributed by atoms with Crippen LogP contribution in [-0.2, 0) is 16.0 Å². The molecule has 1 aromatic heterocycles. The molecule has 0 radical (unpaired) electrons. The number of H-pyrrole nitrogens is 1. The molecular formula is C21H16F5N3O3. The minimum Gasteiger partial charge on any atom is -0.389 e. The Labute approximate surface area is 177 Å². The Morgan fingerprint density at radius 3 is 2.44 bits per heavy atom. The molecule has 0 bridgehead atoms. The Hall–Kier alpha value is -3.47. The van der Waals surface area contributed by atoms with Crippen molar-refractivity contribution in [3.8, 4) is 11.3 Å². The summed E-state index contributed by atoms with van der Waals surface area (Å²) in [4.78, 5) is 26.5. The number of benzene rings is 2. The number of hydrogen-bond donors (Lipinski definition) is 4. The standard InChI is InChI=1S/C21H16F5N3O3/c22-10-3-1-9(2-4-10)16-13(12-5-11(23)6-14(24)17(12)28-16)7-21(25,26)20(32)29-18-15(30)8-27-19(18)31/h1-6,15,18,28,30H,7-8H2,(H,27,31)(H,29,32)/t15-,18+/m1/s1. The number of carbonyl (C=O) groups excluding carboxylic acids is 2. The maximum Gasteiger partial charge on any atom is 0.328 e. The SMILES string of the molecule is O=C1NC[C@@H](O)[C@@H]1NC(=O)C(F)(F)Cc1c(-c2ccc(F)cc2)[nH]c2c(F)cc(F)cc12. The monoisotopic (exact) mass is 453 g/mol. The van der Waals surface area contributed by atoms with Crippen LogP contribution in [0.4, 0.5) is 22.0 Å². The molecule has 168 valence electrons. The zero-order valence-corrected chi connectivity index (χ0v) is 16.2. The van der Waals surface area contributed by atoms with Gasteiger partial charge in [0.1, 0.15) is 29.6 Å². The molecule has 1 saturated heterocycles. The van der Waals surface area contributed by atoms with Crippen molar-refractivity contribution >= 4 is 22.7 Å². The summed E-state index contributed by atoms with van der Waals surface area (Å²) < 4.78 is 71.2. The second-order valence-electron chi connectivity index (χ2n) is 7.44. The Morgan fingerprint density at radius 1 is 1.12 bits per heavy atom. The molecule has 1 aliphatic rings. The van der Waals surface area contributed by atoms with Crippen LogP contribution in [0.25, 0.3) is 22.2 Å². The van der Waals surface area contributed by atoms with E-state index in [1.807, 2.05) is 5.32 Å². The molecular weight excluding hydrogens is 437 g/mol. The molecule has 1 aliphatic heterocycles. The van der Waals surface area contributed by atoms with Crippen LogP contribution in [0.15, 0.2) is 36.4 Å². The number of β-amino-alcohol motifs (C(OH)–C–C–N with tert-alkyl or cyclic N) is 1. The van der Waals surface area contributed by atoms with E-state index in [1.54, 1.807) is 0 Å². The van der Waals surface area contributed by atoms with E-state index in [1.165, 1.54) is 12.1 Å². The molecule has 0 spiro atoms. The van der Waals surface area contributed by atoms with E-state index >= 15 is 0 Å². The van der Waals surface area contributed by atoms with Crippen molar-refractivity contribution < 1.29 is 36.6 Å². The van der Waals surface area contributed by atoms with Crippen LogP contribution >= 0.6 is 0 Å². The number of aliphatic hydroxyl groups is 1. The highest BCUT2D eigenvalue weighted by molar-refractivity contribution is 5.95. The maximum atomic E-state index is 14.9. The first-order valence-corrected chi connectivity index (χ1v) is 9.47. The molecule has 3 aromatic rings. The van der Waals surface area contributed by atoms with Crippen LogP contribution in [0.2, 0.25) is 0 Å². The molecule has 6 nitrogen and oxygen atoms in total. The van der Waals surface area contributed by atoms with Crippen molar-refractivity contribution in [2.75, 3.05) is 6.54 Å². The van der Waals surface area contributed by atoms with Crippen molar-refractivity contribution in [3.05, 3.63) is 59.4 Å². The zero-order valence-electron chi connectivity index (χ0n) is 16.2. The Bertz CT molecular complexity index is 1210. The van der Waals surface area contributed by atoms with Gasteiger partial charge in [0.2, 0.25) is 5.91 Å². The lowest BCUT2D eigenvalue weighted by Crippen LogP contribution is -2.52. The van der Waals surface area contributed by atoms with Crippen molar-refractivity contribution in [1.29, 1.82) is 0 Å². The lowest BCUT2D eigenvalue weighted by Gasteiger charge is -2.20. The summed E-state index contributed by atoms with van der Waals surface area (Å²) >= 11 is 0. The third kappa shape index (κ3) is 3.91. The number of rotatable bonds is 5. The summed E-state index contributed by atoms with van der Waals surface area (Å²) in [6, 6.07) is 4.51. The van der Waals surface area contributed by atoms with E-state index in [4.69, 9.17) is 0 Å². The van der Waals surface area contributed by atoms with Gasteiger partial charge < -0.3 is 20.7 Å². The van der Waals surface area contributed by atoms with Gasteiger partial charge in [-0.25, -0.2) is 13.2 Å². The molecule has 2 aromatic carbocycles. The average molecular weight is 453 g/mol. The number of aromatic nitrogens is 1. The molecule has 0 aliphatic carbocycles. The third-order valence-corrected chi connectivity index (χ3v) is 5.24. The Balaban J connectivity index is 1.75. The number of fused-ring (bicyclic) bond motifs is 1. The summed E-state index contributed by atoms with van der Waals surface area (Å²) in [5, 5.41) is 13.5. The summed E-state index contributed by atoms with van der Waals surface area (Å²) in [5.41, 5.74) is -0.376. The van der Waals surface area contributed by atoms with Gasteiger partial charge in [0.25, 0.3) is 5.91 Å².